The van der Waals surface area contributed by atoms with E-state index in [2.05, 4.69) is 0 Å². The molecule has 9 heteroatoms. The highest BCUT2D eigenvalue weighted by molar-refractivity contribution is 7.08. The predicted molar refractivity (Wildman–Crippen MR) is 109 cm³/mol. The first-order valence-corrected chi connectivity index (χ1v) is 9.66. The summed E-state index contributed by atoms with van der Waals surface area (Å²) in [5.74, 6) is -1.60. The van der Waals surface area contributed by atoms with Gasteiger partial charge in [0.1, 0.15) is 11.4 Å². The average Bonchev–Trinajstić information content (AvgIpc) is 3.22. The zero-order valence-electron chi connectivity index (χ0n) is 15.7. The number of nitrogen functional groups attached to an aromatic ring is 1. The number of Topliss-reactive ketones (excluding diaryl/α,β-unsaturated/α-hetero) is 1. The summed E-state index contributed by atoms with van der Waals surface area (Å²) in [6, 6.07) is 10.8. The smallest absolute Gasteiger partial charge is 0.332 e. The van der Waals surface area contributed by atoms with Crippen molar-refractivity contribution in [1.29, 1.82) is 0 Å². The van der Waals surface area contributed by atoms with Crippen molar-refractivity contribution in [2.24, 2.45) is 7.05 Å². The zero-order valence-corrected chi connectivity index (χ0v) is 16.5. The number of nitrogens with two attached hydrogens (primary N) is 1. The Morgan fingerprint density at radius 2 is 1.83 bits per heavy atom. The lowest BCUT2D eigenvalue weighted by Crippen LogP contribution is -2.43. The van der Waals surface area contributed by atoms with Gasteiger partial charge in [0.2, 0.25) is 5.78 Å². The number of anilines is 1. The summed E-state index contributed by atoms with van der Waals surface area (Å²) in [5, 5.41) is 3.63. The number of esters is 1. The minimum Gasteiger partial charge on any atom is -0.457 e. The third kappa shape index (κ3) is 4.52. The van der Waals surface area contributed by atoms with Gasteiger partial charge in [-0.2, -0.15) is 11.3 Å². The second kappa shape index (κ2) is 8.70. The van der Waals surface area contributed by atoms with Gasteiger partial charge in [-0.25, -0.2) is 4.79 Å². The third-order valence-corrected chi connectivity index (χ3v) is 5.07. The summed E-state index contributed by atoms with van der Waals surface area (Å²) >= 11 is 1.44. The van der Waals surface area contributed by atoms with Gasteiger partial charge in [-0.1, -0.05) is 30.3 Å². The third-order valence-electron chi connectivity index (χ3n) is 4.34. The van der Waals surface area contributed by atoms with E-state index < -0.39 is 29.6 Å². The van der Waals surface area contributed by atoms with Crippen molar-refractivity contribution in [3.63, 3.8) is 0 Å². The second-order valence-electron chi connectivity index (χ2n) is 6.37. The molecule has 0 aliphatic carbocycles. The van der Waals surface area contributed by atoms with Crippen molar-refractivity contribution < 1.29 is 14.3 Å². The van der Waals surface area contributed by atoms with Gasteiger partial charge in [0.25, 0.3) is 5.56 Å². The largest absolute Gasteiger partial charge is 0.457 e. The predicted octanol–water partition coefficient (Wildman–Crippen LogP) is 1.21. The maximum absolute atomic E-state index is 12.6. The summed E-state index contributed by atoms with van der Waals surface area (Å²) in [7, 11) is 1.27. The summed E-state index contributed by atoms with van der Waals surface area (Å²) in [5.41, 5.74) is 5.73. The molecule has 150 valence electrons. The Hall–Kier alpha value is -3.46. The van der Waals surface area contributed by atoms with Crippen LogP contribution in [0, 0.1) is 0 Å². The molecule has 0 aliphatic rings. The number of hydrogen-bond acceptors (Lipinski definition) is 7. The standard InChI is InChI=1S/C20H19N3O5S/c1-22-19(26)17(15(24)11-28-16(25)9-14-7-8-29-12-14)18(21)23(20(22)27)10-13-5-3-2-4-6-13/h2-8,12H,9-11,21H2,1H3. The molecule has 0 saturated heterocycles. The molecule has 3 aromatic rings. The molecule has 0 aliphatic heterocycles. The van der Waals surface area contributed by atoms with Crippen LogP contribution in [0.5, 0.6) is 0 Å². The van der Waals surface area contributed by atoms with Crippen LogP contribution >= 0.6 is 11.3 Å². The number of carbonyl (C=O) groups excluding carboxylic acids is 2. The van der Waals surface area contributed by atoms with Crippen LogP contribution in [0.1, 0.15) is 21.5 Å². The fourth-order valence-electron chi connectivity index (χ4n) is 2.79. The molecular formula is C20H19N3O5S. The van der Waals surface area contributed by atoms with Crippen LogP contribution in [-0.4, -0.2) is 27.5 Å². The number of thiophene rings is 1. The van der Waals surface area contributed by atoms with Crippen LogP contribution in [-0.2, 0) is 29.5 Å². The fraction of sp³-hybridized carbons (Fsp3) is 0.200. The summed E-state index contributed by atoms with van der Waals surface area (Å²) in [6.45, 7) is -0.538. The molecule has 1 aromatic carbocycles. The number of rotatable bonds is 7. The Labute approximate surface area is 169 Å². The normalized spacial score (nSPS) is 10.7. The van der Waals surface area contributed by atoms with Gasteiger partial charge >= 0.3 is 11.7 Å². The molecule has 2 aromatic heterocycles. The summed E-state index contributed by atoms with van der Waals surface area (Å²) < 4.78 is 6.96. The average molecular weight is 413 g/mol. The van der Waals surface area contributed by atoms with Gasteiger partial charge in [-0.3, -0.25) is 23.5 Å². The number of aromatic nitrogens is 2. The van der Waals surface area contributed by atoms with Gasteiger partial charge < -0.3 is 10.5 Å². The maximum atomic E-state index is 12.6. The minimum atomic E-state index is -0.823. The Balaban J connectivity index is 1.84. The van der Waals surface area contributed by atoms with Crippen molar-refractivity contribution in [1.82, 2.24) is 9.13 Å². The first-order chi connectivity index (χ1) is 13.9. The van der Waals surface area contributed by atoms with Crippen molar-refractivity contribution >= 4 is 28.9 Å². The monoisotopic (exact) mass is 413 g/mol. The molecule has 3 rings (SSSR count). The van der Waals surface area contributed by atoms with E-state index in [0.29, 0.717) is 0 Å². The molecule has 0 radical (unpaired) electrons. The Morgan fingerprint density at radius 1 is 1.10 bits per heavy atom. The molecule has 0 fully saturated rings. The fourth-order valence-corrected chi connectivity index (χ4v) is 3.46. The number of hydrogen-bond donors (Lipinski definition) is 1. The van der Waals surface area contributed by atoms with Crippen molar-refractivity contribution in [3.05, 3.63) is 84.7 Å². The Morgan fingerprint density at radius 3 is 2.48 bits per heavy atom. The number of ketones is 1. The van der Waals surface area contributed by atoms with Gasteiger partial charge in [-0.05, 0) is 28.0 Å². The summed E-state index contributed by atoms with van der Waals surface area (Å²) in [4.78, 5) is 49.4. The Bertz CT molecular complexity index is 1150. The molecule has 0 atom stereocenters. The van der Waals surface area contributed by atoms with E-state index in [0.717, 1.165) is 20.3 Å². The molecule has 0 saturated carbocycles. The van der Waals surface area contributed by atoms with E-state index in [1.165, 1.54) is 18.4 Å². The van der Waals surface area contributed by atoms with E-state index in [1.54, 1.807) is 35.7 Å². The minimum absolute atomic E-state index is 0.0256. The van der Waals surface area contributed by atoms with Crippen LogP contribution < -0.4 is 17.0 Å². The molecule has 8 nitrogen and oxygen atoms in total. The van der Waals surface area contributed by atoms with E-state index >= 15 is 0 Å². The number of carbonyl (C=O) groups is 2. The molecule has 0 spiro atoms. The lowest BCUT2D eigenvalue weighted by atomic mass is 10.2. The zero-order chi connectivity index (χ0) is 21.0. The maximum Gasteiger partial charge on any atom is 0.332 e. The topological polar surface area (TPSA) is 113 Å². The van der Waals surface area contributed by atoms with E-state index in [9.17, 15) is 19.2 Å². The van der Waals surface area contributed by atoms with Crippen LogP contribution in [0.4, 0.5) is 5.82 Å². The van der Waals surface area contributed by atoms with Crippen molar-refractivity contribution in [2.75, 3.05) is 12.3 Å². The van der Waals surface area contributed by atoms with E-state index in [4.69, 9.17) is 10.5 Å². The van der Waals surface area contributed by atoms with Gasteiger partial charge in [-0.15, -0.1) is 0 Å². The van der Waals surface area contributed by atoms with Crippen LogP contribution in [0.2, 0.25) is 0 Å². The molecule has 2 N–H and O–H groups in total. The number of ether oxygens (including phenoxy) is 1. The van der Waals surface area contributed by atoms with Crippen LogP contribution in [0.15, 0.2) is 56.7 Å². The first-order valence-electron chi connectivity index (χ1n) is 8.71. The quantitative estimate of drug-likeness (QED) is 0.460. The molecule has 2 heterocycles. The Kier molecular flexibility index (Phi) is 6.08. The van der Waals surface area contributed by atoms with Crippen LogP contribution in [0.25, 0.3) is 0 Å². The molecule has 0 unspecified atom stereocenters. The highest BCUT2D eigenvalue weighted by Gasteiger charge is 2.22. The molecular weight excluding hydrogens is 394 g/mol. The van der Waals surface area contributed by atoms with Gasteiger partial charge in [0.05, 0.1) is 13.0 Å². The lowest BCUT2D eigenvalue weighted by Gasteiger charge is -2.14. The highest BCUT2D eigenvalue weighted by Crippen LogP contribution is 2.11. The number of nitrogens with zero attached hydrogens (tertiary/aromatic N) is 2. The number of benzene rings is 1. The van der Waals surface area contributed by atoms with Crippen LogP contribution in [0.3, 0.4) is 0 Å². The summed E-state index contributed by atoms with van der Waals surface area (Å²) in [6.07, 6.45) is 0.0256. The molecule has 29 heavy (non-hydrogen) atoms. The second-order valence-corrected chi connectivity index (χ2v) is 7.15. The van der Waals surface area contributed by atoms with Gasteiger partial charge in [0.15, 0.2) is 6.61 Å². The van der Waals surface area contributed by atoms with E-state index in [-0.39, 0.29) is 24.3 Å². The van der Waals surface area contributed by atoms with Crippen molar-refractivity contribution in [2.45, 2.75) is 13.0 Å². The lowest BCUT2D eigenvalue weighted by molar-refractivity contribution is -0.141. The molecule has 0 amide bonds. The SMILES string of the molecule is Cn1c(=O)c(C(=O)COC(=O)Cc2ccsc2)c(N)n(Cc2ccccc2)c1=O. The first kappa shape index (κ1) is 20.3. The van der Waals surface area contributed by atoms with E-state index in [1.807, 2.05) is 11.4 Å². The highest BCUT2D eigenvalue weighted by atomic mass is 32.1. The molecule has 0 bridgehead atoms. The van der Waals surface area contributed by atoms with Crippen molar-refractivity contribution in [3.8, 4) is 0 Å². The van der Waals surface area contributed by atoms with Gasteiger partial charge in [0, 0.05) is 7.05 Å².